The second-order valence-corrected chi connectivity index (χ2v) is 4.94. The topological polar surface area (TPSA) is 54.3 Å². The van der Waals surface area contributed by atoms with Gasteiger partial charge in [-0.1, -0.05) is 0 Å². The number of halogens is 2. The van der Waals surface area contributed by atoms with Crippen molar-refractivity contribution in [3.63, 3.8) is 0 Å². The molecule has 0 spiro atoms. The molecule has 1 aliphatic carbocycles. The van der Waals surface area contributed by atoms with Crippen molar-refractivity contribution >= 4 is 34.2 Å². The molecule has 4 nitrogen and oxygen atoms in total. The van der Waals surface area contributed by atoms with Crippen LogP contribution in [0.2, 0.25) is 0 Å². The summed E-state index contributed by atoms with van der Waals surface area (Å²) in [6, 6.07) is 2.07. The largest absolute Gasteiger partial charge is 0.458 e. The Morgan fingerprint density at radius 2 is 2.19 bits per heavy atom. The molecule has 16 heavy (non-hydrogen) atoms. The Labute approximate surface area is 108 Å². The molecule has 0 radical (unpaired) electrons. The van der Waals surface area contributed by atoms with Gasteiger partial charge in [0, 0.05) is 19.1 Å². The second-order valence-electron chi connectivity index (χ2n) is 4.08. The highest BCUT2D eigenvalue weighted by atomic mass is 79.9. The minimum atomic E-state index is -0.119. The maximum atomic E-state index is 11.8. The minimum Gasteiger partial charge on any atom is -0.458 e. The Balaban J connectivity index is 0.000000963. The number of hydrogen-bond acceptors (Lipinski definition) is 3. The first-order valence-corrected chi connectivity index (χ1v) is 5.81. The smallest absolute Gasteiger partial charge is 0.288 e. The van der Waals surface area contributed by atoms with Crippen molar-refractivity contribution in [1.29, 1.82) is 0 Å². The van der Waals surface area contributed by atoms with Crippen LogP contribution in [0.5, 0.6) is 0 Å². The summed E-state index contributed by atoms with van der Waals surface area (Å²) in [6.07, 6.45) is 1.51. The number of piperidine rings is 1. The van der Waals surface area contributed by atoms with Gasteiger partial charge in [-0.05, 0) is 33.8 Å². The molecule has 6 heteroatoms. The number of rotatable bonds is 2. The van der Waals surface area contributed by atoms with Gasteiger partial charge in [0.05, 0.1) is 10.7 Å². The van der Waals surface area contributed by atoms with Crippen LogP contribution in [0.4, 0.5) is 0 Å². The maximum absolute atomic E-state index is 11.8. The lowest BCUT2D eigenvalue weighted by molar-refractivity contribution is 0.0917. The van der Waals surface area contributed by atoms with Crippen LogP contribution in [-0.4, -0.2) is 25.0 Å². The standard InChI is InChI=1S/C10H11BrN2O2.ClH/c11-7-1-2-15-9(7)10(14)13-8-5-3-12-4-6(5)8;/h1-2,5-6,8,12H,3-4H2,(H,13,14);1H. The lowest BCUT2D eigenvalue weighted by atomic mass is 10.3. The molecule has 88 valence electrons. The van der Waals surface area contributed by atoms with Crippen LogP contribution in [0.3, 0.4) is 0 Å². The zero-order chi connectivity index (χ0) is 10.4. The highest BCUT2D eigenvalue weighted by molar-refractivity contribution is 9.10. The SMILES string of the molecule is Cl.O=C(NC1C2CNCC21)c1occc1Br. The molecule has 2 N–H and O–H groups in total. The minimum absolute atomic E-state index is 0. The average molecular weight is 308 g/mol. The number of fused-ring (bicyclic) bond motifs is 1. The molecule has 1 saturated carbocycles. The number of carbonyl (C=O) groups excluding carboxylic acids is 1. The molecule has 2 aliphatic rings. The van der Waals surface area contributed by atoms with Crippen molar-refractivity contribution in [2.24, 2.45) is 11.8 Å². The molecule has 2 heterocycles. The van der Waals surface area contributed by atoms with Gasteiger partial charge in [-0.2, -0.15) is 0 Å². The van der Waals surface area contributed by atoms with E-state index < -0.39 is 0 Å². The van der Waals surface area contributed by atoms with Gasteiger partial charge in [-0.15, -0.1) is 12.4 Å². The molecule has 1 aliphatic heterocycles. The Morgan fingerprint density at radius 3 is 2.75 bits per heavy atom. The molecule has 1 amide bonds. The van der Waals surface area contributed by atoms with Crippen LogP contribution in [-0.2, 0) is 0 Å². The van der Waals surface area contributed by atoms with Crippen LogP contribution in [0.15, 0.2) is 21.2 Å². The Hall–Kier alpha value is -0.520. The van der Waals surface area contributed by atoms with Crippen LogP contribution < -0.4 is 10.6 Å². The molecule has 1 saturated heterocycles. The summed E-state index contributed by atoms with van der Waals surface area (Å²) in [5.41, 5.74) is 0. The van der Waals surface area contributed by atoms with Gasteiger partial charge in [0.2, 0.25) is 5.76 Å². The van der Waals surface area contributed by atoms with Crippen LogP contribution in [0.25, 0.3) is 0 Å². The predicted octanol–water partition coefficient (Wildman–Crippen LogP) is 1.41. The van der Waals surface area contributed by atoms with Crippen molar-refractivity contribution < 1.29 is 9.21 Å². The van der Waals surface area contributed by atoms with Gasteiger partial charge in [0.25, 0.3) is 5.91 Å². The van der Waals surface area contributed by atoms with Gasteiger partial charge in [-0.3, -0.25) is 4.79 Å². The fraction of sp³-hybridized carbons (Fsp3) is 0.500. The van der Waals surface area contributed by atoms with E-state index in [0.29, 0.717) is 28.1 Å². The lowest BCUT2D eigenvalue weighted by Gasteiger charge is -2.05. The van der Waals surface area contributed by atoms with Crippen LogP contribution in [0, 0.1) is 11.8 Å². The van der Waals surface area contributed by atoms with E-state index in [9.17, 15) is 4.79 Å². The highest BCUT2D eigenvalue weighted by Crippen LogP contribution is 2.41. The van der Waals surface area contributed by atoms with Crippen molar-refractivity contribution in [2.75, 3.05) is 13.1 Å². The van der Waals surface area contributed by atoms with Crippen molar-refractivity contribution in [1.82, 2.24) is 10.6 Å². The van der Waals surface area contributed by atoms with E-state index in [-0.39, 0.29) is 18.3 Å². The van der Waals surface area contributed by atoms with Crippen LogP contribution in [0.1, 0.15) is 10.6 Å². The van der Waals surface area contributed by atoms with E-state index in [0.717, 1.165) is 13.1 Å². The predicted molar refractivity (Wildman–Crippen MR) is 64.8 cm³/mol. The fourth-order valence-electron chi connectivity index (χ4n) is 2.31. The highest BCUT2D eigenvalue weighted by Gasteiger charge is 2.53. The first-order chi connectivity index (χ1) is 7.27. The van der Waals surface area contributed by atoms with E-state index in [1.165, 1.54) is 6.26 Å². The normalized spacial score (nSPS) is 30.4. The summed E-state index contributed by atoms with van der Waals surface area (Å²) < 4.78 is 5.81. The van der Waals surface area contributed by atoms with Crippen molar-refractivity contribution in [3.05, 3.63) is 22.6 Å². The summed E-state index contributed by atoms with van der Waals surface area (Å²) in [5.74, 6) is 1.50. The third-order valence-corrected chi connectivity index (χ3v) is 3.84. The van der Waals surface area contributed by atoms with Crippen molar-refractivity contribution in [3.8, 4) is 0 Å². The number of nitrogens with one attached hydrogen (secondary N) is 2. The molecular weight excluding hydrogens is 295 g/mol. The maximum Gasteiger partial charge on any atom is 0.288 e. The van der Waals surface area contributed by atoms with E-state index >= 15 is 0 Å². The zero-order valence-corrected chi connectivity index (χ0v) is 10.8. The average Bonchev–Trinajstić information content (AvgIpc) is 2.66. The molecule has 2 atom stereocenters. The fourth-order valence-corrected chi connectivity index (χ4v) is 2.69. The Bertz CT molecular complexity index is 399. The number of hydrogen-bond donors (Lipinski definition) is 2. The molecule has 0 bridgehead atoms. The molecule has 2 fully saturated rings. The van der Waals surface area contributed by atoms with E-state index in [2.05, 4.69) is 26.6 Å². The Kier molecular flexibility index (Phi) is 3.28. The summed E-state index contributed by atoms with van der Waals surface area (Å²) >= 11 is 3.27. The zero-order valence-electron chi connectivity index (χ0n) is 8.40. The quantitative estimate of drug-likeness (QED) is 0.869. The first kappa shape index (κ1) is 12.0. The van der Waals surface area contributed by atoms with Gasteiger partial charge >= 0.3 is 0 Å². The monoisotopic (exact) mass is 306 g/mol. The summed E-state index contributed by atoms with van der Waals surface area (Å²) in [7, 11) is 0. The van der Waals surface area contributed by atoms with E-state index in [4.69, 9.17) is 4.42 Å². The molecule has 1 aromatic heterocycles. The number of amides is 1. The molecule has 2 unspecified atom stereocenters. The molecule has 3 rings (SSSR count). The number of carbonyl (C=O) groups is 1. The Morgan fingerprint density at radius 1 is 1.50 bits per heavy atom. The molecular formula is C10H12BrClN2O2. The van der Waals surface area contributed by atoms with Gasteiger partial charge < -0.3 is 15.1 Å². The van der Waals surface area contributed by atoms with Crippen molar-refractivity contribution in [2.45, 2.75) is 6.04 Å². The molecule has 0 aromatic carbocycles. The van der Waals surface area contributed by atoms with Gasteiger partial charge in [-0.25, -0.2) is 0 Å². The van der Waals surface area contributed by atoms with E-state index in [1.54, 1.807) is 6.07 Å². The van der Waals surface area contributed by atoms with Gasteiger partial charge in [0.15, 0.2) is 0 Å². The first-order valence-electron chi connectivity index (χ1n) is 5.02. The third kappa shape index (κ3) is 1.87. The number of furan rings is 1. The summed E-state index contributed by atoms with van der Waals surface area (Å²) in [6.45, 7) is 2.05. The summed E-state index contributed by atoms with van der Waals surface area (Å²) in [5, 5.41) is 6.28. The molecule has 1 aromatic rings. The van der Waals surface area contributed by atoms with Crippen LogP contribution >= 0.6 is 28.3 Å². The lowest BCUT2D eigenvalue weighted by Crippen LogP contribution is -2.32. The third-order valence-electron chi connectivity index (χ3n) is 3.21. The van der Waals surface area contributed by atoms with Gasteiger partial charge in [0.1, 0.15) is 0 Å². The van der Waals surface area contributed by atoms with E-state index in [1.807, 2.05) is 0 Å². The second kappa shape index (κ2) is 4.39. The summed E-state index contributed by atoms with van der Waals surface area (Å²) in [4.78, 5) is 11.8.